The summed E-state index contributed by atoms with van der Waals surface area (Å²) in [6.45, 7) is 4.34. The van der Waals surface area contributed by atoms with E-state index in [2.05, 4.69) is 17.6 Å². The lowest BCUT2D eigenvalue weighted by molar-refractivity contribution is -0.132. The fraction of sp³-hybridized carbons (Fsp3) is 0.867. The third-order valence-corrected chi connectivity index (χ3v) is 4.28. The van der Waals surface area contributed by atoms with Gasteiger partial charge in [-0.05, 0) is 45.4 Å². The molecule has 2 heterocycles. The third kappa shape index (κ3) is 4.47. The highest BCUT2D eigenvalue weighted by molar-refractivity contribution is 5.83. The monoisotopic (exact) mass is 281 g/mol. The number of nitrogens with one attached hydrogen (secondary N) is 2. The van der Waals surface area contributed by atoms with Crippen LogP contribution in [-0.4, -0.2) is 48.4 Å². The molecule has 0 aromatic carbocycles. The summed E-state index contributed by atoms with van der Waals surface area (Å²) in [5.74, 6) is 0.220. The first-order valence-electron chi connectivity index (χ1n) is 7.98. The molecule has 2 unspecified atom stereocenters. The van der Waals surface area contributed by atoms with Gasteiger partial charge in [0, 0.05) is 32.1 Å². The van der Waals surface area contributed by atoms with Crippen molar-refractivity contribution in [3.63, 3.8) is 0 Å². The van der Waals surface area contributed by atoms with Crippen molar-refractivity contribution in [2.24, 2.45) is 0 Å². The molecule has 5 nitrogen and oxygen atoms in total. The highest BCUT2D eigenvalue weighted by Crippen LogP contribution is 2.12. The van der Waals surface area contributed by atoms with Crippen LogP contribution < -0.4 is 10.6 Å². The van der Waals surface area contributed by atoms with E-state index in [1.54, 1.807) is 0 Å². The molecule has 2 aliphatic heterocycles. The van der Waals surface area contributed by atoms with Gasteiger partial charge in [-0.3, -0.25) is 9.59 Å². The van der Waals surface area contributed by atoms with Crippen LogP contribution in [-0.2, 0) is 9.59 Å². The second-order valence-electron chi connectivity index (χ2n) is 6.03. The Morgan fingerprint density at radius 2 is 1.90 bits per heavy atom. The first kappa shape index (κ1) is 15.3. The Morgan fingerprint density at radius 3 is 2.60 bits per heavy atom. The van der Waals surface area contributed by atoms with Crippen molar-refractivity contribution < 1.29 is 9.59 Å². The van der Waals surface area contributed by atoms with Crippen molar-refractivity contribution in [1.29, 1.82) is 0 Å². The lowest BCUT2D eigenvalue weighted by atomic mass is 9.99. The highest BCUT2D eigenvalue weighted by atomic mass is 16.2. The minimum atomic E-state index is -0.0798. The first-order chi connectivity index (χ1) is 9.66. The minimum absolute atomic E-state index is 0.0444. The lowest BCUT2D eigenvalue weighted by Gasteiger charge is -2.28. The molecular weight excluding hydrogens is 254 g/mol. The normalized spacial score (nSPS) is 27.1. The van der Waals surface area contributed by atoms with Crippen molar-refractivity contribution in [2.75, 3.05) is 19.6 Å². The quantitative estimate of drug-likeness (QED) is 0.809. The second-order valence-corrected chi connectivity index (χ2v) is 6.03. The number of hydrogen-bond donors (Lipinski definition) is 2. The summed E-state index contributed by atoms with van der Waals surface area (Å²) in [4.78, 5) is 25.9. The van der Waals surface area contributed by atoms with Gasteiger partial charge in [0.15, 0.2) is 0 Å². The number of nitrogens with zero attached hydrogens (tertiary/aromatic N) is 1. The molecule has 5 heteroatoms. The molecule has 0 aliphatic carbocycles. The summed E-state index contributed by atoms with van der Waals surface area (Å²) >= 11 is 0. The predicted molar refractivity (Wildman–Crippen MR) is 78.3 cm³/mol. The van der Waals surface area contributed by atoms with Gasteiger partial charge >= 0.3 is 0 Å². The van der Waals surface area contributed by atoms with E-state index in [9.17, 15) is 9.59 Å². The molecule has 20 heavy (non-hydrogen) atoms. The van der Waals surface area contributed by atoms with Gasteiger partial charge in [-0.2, -0.15) is 0 Å². The first-order valence-corrected chi connectivity index (χ1v) is 7.98. The molecule has 114 valence electrons. The van der Waals surface area contributed by atoms with Crippen LogP contribution in [0.3, 0.4) is 0 Å². The SMILES string of the molecule is CC1CCCC(C(=O)NCCC(=O)N2CCCCC2)N1. The van der Waals surface area contributed by atoms with Gasteiger partial charge in [0.05, 0.1) is 6.04 Å². The van der Waals surface area contributed by atoms with Gasteiger partial charge in [-0.1, -0.05) is 0 Å². The van der Waals surface area contributed by atoms with E-state index < -0.39 is 0 Å². The largest absolute Gasteiger partial charge is 0.354 e. The number of hydrogen-bond acceptors (Lipinski definition) is 3. The summed E-state index contributed by atoms with van der Waals surface area (Å²) in [5, 5.41) is 6.20. The van der Waals surface area contributed by atoms with E-state index in [0.717, 1.165) is 45.2 Å². The van der Waals surface area contributed by atoms with Crippen LogP contribution >= 0.6 is 0 Å². The molecule has 2 aliphatic rings. The summed E-state index contributed by atoms with van der Waals surface area (Å²) in [7, 11) is 0. The minimum Gasteiger partial charge on any atom is -0.354 e. The predicted octanol–water partition coefficient (Wildman–Crippen LogP) is 1.04. The van der Waals surface area contributed by atoms with Crippen LogP contribution in [0.15, 0.2) is 0 Å². The van der Waals surface area contributed by atoms with Crippen molar-refractivity contribution in [2.45, 2.75) is 64.0 Å². The zero-order valence-corrected chi connectivity index (χ0v) is 12.5. The van der Waals surface area contributed by atoms with Crippen LogP contribution in [0, 0.1) is 0 Å². The average Bonchev–Trinajstić information content (AvgIpc) is 2.48. The molecule has 0 spiro atoms. The molecule has 2 fully saturated rings. The van der Waals surface area contributed by atoms with E-state index >= 15 is 0 Å². The van der Waals surface area contributed by atoms with Crippen molar-refractivity contribution in [1.82, 2.24) is 15.5 Å². The van der Waals surface area contributed by atoms with Crippen molar-refractivity contribution in [3.8, 4) is 0 Å². The molecule has 0 radical (unpaired) electrons. The van der Waals surface area contributed by atoms with E-state index in [1.165, 1.54) is 6.42 Å². The number of amides is 2. The van der Waals surface area contributed by atoms with Crippen LogP contribution in [0.2, 0.25) is 0 Å². The molecule has 2 rings (SSSR count). The molecule has 2 atom stereocenters. The summed E-state index contributed by atoms with van der Waals surface area (Å²) < 4.78 is 0. The fourth-order valence-corrected chi connectivity index (χ4v) is 3.06. The maximum absolute atomic E-state index is 12.0. The van der Waals surface area contributed by atoms with Gasteiger partial charge in [-0.15, -0.1) is 0 Å². The van der Waals surface area contributed by atoms with Crippen LogP contribution in [0.5, 0.6) is 0 Å². The fourth-order valence-electron chi connectivity index (χ4n) is 3.06. The number of carbonyl (C=O) groups excluding carboxylic acids is 2. The molecule has 0 aromatic rings. The average molecular weight is 281 g/mol. The standard InChI is InChI=1S/C15H27N3O2/c1-12-6-5-7-13(17-12)15(20)16-9-8-14(19)18-10-3-2-4-11-18/h12-13,17H,2-11H2,1H3,(H,16,20). The molecule has 0 aromatic heterocycles. The van der Waals surface area contributed by atoms with Gasteiger partial charge in [0.1, 0.15) is 0 Å². The van der Waals surface area contributed by atoms with E-state index in [0.29, 0.717) is 19.0 Å². The van der Waals surface area contributed by atoms with E-state index in [-0.39, 0.29) is 17.9 Å². The Morgan fingerprint density at radius 1 is 1.15 bits per heavy atom. The molecule has 2 N–H and O–H groups in total. The number of piperidine rings is 2. The maximum atomic E-state index is 12.0. The van der Waals surface area contributed by atoms with E-state index in [4.69, 9.17) is 0 Å². The highest BCUT2D eigenvalue weighted by Gasteiger charge is 2.24. The van der Waals surface area contributed by atoms with Crippen LogP contribution in [0.1, 0.15) is 51.9 Å². The molecular formula is C15H27N3O2. The topological polar surface area (TPSA) is 61.4 Å². The van der Waals surface area contributed by atoms with Gasteiger partial charge in [0.2, 0.25) is 11.8 Å². The Hall–Kier alpha value is -1.10. The summed E-state index contributed by atoms with van der Waals surface area (Å²) in [6.07, 6.45) is 7.01. The van der Waals surface area contributed by atoms with Crippen molar-refractivity contribution in [3.05, 3.63) is 0 Å². The molecule has 2 saturated heterocycles. The van der Waals surface area contributed by atoms with Gasteiger partial charge in [-0.25, -0.2) is 0 Å². The van der Waals surface area contributed by atoms with Crippen molar-refractivity contribution >= 4 is 11.8 Å². The number of likely N-dealkylation sites (tertiary alicyclic amines) is 1. The number of carbonyl (C=O) groups is 2. The molecule has 0 saturated carbocycles. The van der Waals surface area contributed by atoms with Crippen LogP contribution in [0.25, 0.3) is 0 Å². The maximum Gasteiger partial charge on any atom is 0.237 e. The Bertz CT molecular complexity index is 340. The Labute approximate surface area is 121 Å². The summed E-state index contributed by atoms with van der Waals surface area (Å²) in [6, 6.07) is 0.332. The van der Waals surface area contributed by atoms with Gasteiger partial charge in [0.25, 0.3) is 0 Å². The zero-order chi connectivity index (χ0) is 14.4. The third-order valence-electron chi connectivity index (χ3n) is 4.28. The Kier molecular flexibility index (Phi) is 5.83. The second kappa shape index (κ2) is 7.62. The van der Waals surface area contributed by atoms with E-state index in [1.807, 2.05) is 4.90 Å². The summed E-state index contributed by atoms with van der Waals surface area (Å²) in [5.41, 5.74) is 0. The smallest absolute Gasteiger partial charge is 0.237 e. The Balaban J connectivity index is 1.64. The molecule has 0 bridgehead atoms. The number of rotatable bonds is 4. The lowest BCUT2D eigenvalue weighted by Crippen LogP contribution is -2.50. The van der Waals surface area contributed by atoms with Crippen LogP contribution in [0.4, 0.5) is 0 Å². The van der Waals surface area contributed by atoms with Gasteiger partial charge < -0.3 is 15.5 Å². The molecule has 2 amide bonds. The zero-order valence-electron chi connectivity index (χ0n) is 12.5.